The second-order valence-electron chi connectivity index (χ2n) is 5.64. The standard InChI is InChI=1S/C19H18BrN3OS/c1-2-17(13-5-7-15(20)8-6-13)23-18(24)10-16-12-25-19(22-16)14-4-3-9-21-11-14/h3-9,11-12,17H,2,10H2,1H3,(H,23,24). The van der Waals surface area contributed by atoms with Crippen molar-refractivity contribution in [3.05, 3.63) is 69.9 Å². The van der Waals surface area contributed by atoms with Crippen molar-refractivity contribution in [3.63, 3.8) is 0 Å². The lowest BCUT2D eigenvalue weighted by Crippen LogP contribution is -2.29. The maximum atomic E-state index is 12.4. The Balaban J connectivity index is 1.64. The van der Waals surface area contributed by atoms with Gasteiger partial charge in [-0.25, -0.2) is 4.98 Å². The van der Waals surface area contributed by atoms with Crippen LogP contribution in [0, 0.1) is 0 Å². The molecule has 0 radical (unpaired) electrons. The van der Waals surface area contributed by atoms with Crippen LogP contribution in [0.4, 0.5) is 0 Å². The predicted octanol–water partition coefficient (Wildman–Crippen LogP) is 4.78. The lowest BCUT2D eigenvalue weighted by atomic mass is 10.0. The van der Waals surface area contributed by atoms with E-state index in [1.165, 1.54) is 11.3 Å². The van der Waals surface area contributed by atoms with E-state index in [0.717, 1.165) is 32.7 Å². The Morgan fingerprint density at radius 2 is 2.08 bits per heavy atom. The molecule has 0 fully saturated rings. The van der Waals surface area contributed by atoms with E-state index in [1.807, 2.05) is 41.8 Å². The Bertz CT molecular complexity index is 833. The predicted molar refractivity (Wildman–Crippen MR) is 104 cm³/mol. The molecule has 0 saturated carbocycles. The average Bonchev–Trinajstić information content (AvgIpc) is 3.10. The van der Waals surface area contributed by atoms with Gasteiger partial charge in [0.05, 0.1) is 18.2 Å². The second-order valence-corrected chi connectivity index (χ2v) is 7.42. The first-order valence-electron chi connectivity index (χ1n) is 8.05. The van der Waals surface area contributed by atoms with Crippen molar-refractivity contribution in [2.75, 3.05) is 0 Å². The molecule has 4 nitrogen and oxygen atoms in total. The number of halogens is 1. The van der Waals surface area contributed by atoms with Crippen LogP contribution in [0.5, 0.6) is 0 Å². The van der Waals surface area contributed by atoms with E-state index in [1.54, 1.807) is 12.4 Å². The highest BCUT2D eigenvalue weighted by atomic mass is 79.9. The van der Waals surface area contributed by atoms with Gasteiger partial charge in [0.1, 0.15) is 5.01 Å². The molecule has 25 heavy (non-hydrogen) atoms. The molecule has 2 aromatic heterocycles. The maximum Gasteiger partial charge on any atom is 0.226 e. The van der Waals surface area contributed by atoms with Crippen molar-refractivity contribution in [3.8, 4) is 10.6 Å². The van der Waals surface area contributed by atoms with Crippen LogP contribution in [0.25, 0.3) is 10.6 Å². The minimum absolute atomic E-state index is 0.0111. The smallest absolute Gasteiger partial charge is 0.226 e. The van der Waals surface area contributed by atoms with E-state index in [4.69, 9.17) is 0 Å². The van der Waals surface area contributed by atoms with Gasteiger partial charge >= 0.3 is 0 Å². The largest absolute Gasteiger partial charge is 0.349 e. The third-order valence-electron chi connectivity index (χ3n) is 3.82. The summed E-state index contributed by atoms with van der Waals surface area (Å²) in [5.41, 5.74) is 2.86. The number of nitrogens with one attached hydrogen (secondary N) is 1. The minimum Gasteiger partial charge on any atom is -0.349 e. The number of hydrogen-bond donors (Lipinski definition) is 1. The van der Waals surface area contributed by atoms with Crippen LogP contribution >= 0.6 is 27.3 Å². The number of rotatable bonds is 6. The van der Waals surface area contributed by atoms with E-state index < -0.39 is 0 Å². The Labute approximate surface area is 159 Å². The van der Waals surface area contributed by atoms with Gasteiger partial charge in [-0.3, -0.25) is 9.78 Å². The van der Waals surface area contributed by atoms with Gasteiger partial charge in [-0.05, 0) is 36.2 Å². The fourth-order valence-electron chi connectivity index (χ4n) is 2.54. The van der Waals surface area contributed by atoms with Crippen LogP contribution < -0.4 is 5.32 Å². The molecule has 0 aliphatic rings. The van der Waals surface area contributed by atoms with Gasteiger partial charge < -0.3 is 5.32 Å². The van der Waals surface area contributed by atoms with Gasteiger partial charge in [-0.1, -0.05) is 35.0 Å². The molecule has 3 aromatic rings. The van der Waals surface area contributed by atoms with Crippen molar-refractivity contribution in [2.24, 2.45) is 0 Å². The molecule has 0 aliphatic heterocycles. The first-order valence-corrected chi connectivity index (χ1v) is 9.72. The van der Waals surface area contributed by atoms with E-state index in [2.05, 4.69) is 38.1 Å². The quantitative estimate of drug-likeness (QED) is 0.630. The topological polar surface area (TPSA) is 54.9 Å². The molecular weight excluding hydrogens is 398 g/mol. The van der Waals surface area contributed by atoms with Crippen molar-refractivity contribution < 1.29 is 4.79 Å². The zero-order valence-corrected chi connectivity index (χ0v) is 16.2. The van der Waals surface area contributed by atoms with E-state index >= 15 is 0 Å². The molecule has 1 unspecified atom stereocenters. The molecule has 0 spiro atoms. The highest BCUT2D eigenvalue weighted by Crippen LogP contribution is 2.23. The molecule has 6 heteroatoms. The number of amides is 1. The van der Waals surface area contributed by atoms with Crippen LogP contribution in [-0.4, -0.2) is 15.9 Å². The first kappa shape index (κ1) is 17.8. The van der Waals surface area contributed by atoms with Crippen LogP contribution in [0.3, 0.4) is 0 Å². The van der Waals surface area contributed by atoms with Crippen molar-refractivity contribution >= 4 is 33.2 Å². The molecule has 0 aliphatic carbocycles. The van der Waals surface area contributed by atoms with E-state index in [-0.39, 0.29) is 18.4 Å². The van der Waals surface area contributed by atoms with Crippen LogP contribution in [-0.2, 0) is 11.2 Å². The SMILES string of the molecule is CCC(NC(=O)Cc1csc(-c2cccnc2)n1)c1ccc(Br)cc1. The van der Waals surface area contributed by atoms with Crippen molar-refractivity contribution in [1.29, 1.82) is 0 Å². The van der Waals surface area contributed by atoms with Gasteiger partial charge in [0, 0.05) is 27.8 Å². The number of aromatic nitrogens is 2. The average molecular weight is 416 g/mol. The highest BCUT2D eigenvalue weighted by molar-refractivity contribution is 9.10. The maximum absolute atomic E-state index is 12.4. The van der Waals surface area contributed by atoms with Crippen LogP contribution in [0.2, 0.25) is 0 Å². The monoisotopic (exact) mass is 415 g/mol. The molecule has 128 valence electrons. The number of pyridine rings is 1. The number of benzene rings is 1. The van der Waals surface area contributed by atoms with Crippen LogP contribution in [0.15, 0.2) is 58.6 Å². The fraction of sp³-hybridized carbons (Fsp3) is 0.211. The van der Waals surface area contributed by atoms with Crippen molar-refractivity contribution in [1.82, 2.24) is 15.3 Å². The Morgan fingerprint density at radius 3 is 2.76 bits per heavy atom. The zero-order chi connectivity index (χ0) is 17.6. The summed E-state index contributed by atoms with van der Waals surface area (Å²) in [5.74, 6) is -0.0159. The normalized spacial score (nSPS) is 11.9. The Morgan fingerprint density at radius 1 is 1.28 bits per heavy atom. The van der Waals surface area contributed by atoms with Gasteiger partial charge in [0.15, 0.2) is 0 Å². The zero-order valence-electron chi connectivity index (χ0n) is 13.8. The number of nitrogens with zero attached hydrogens (tertiary/aromatic N) is 2. The molecule has 3 rings (SSSR count). The number of thiazole rings is 1. The molecular formula is C19H18BrN3OS. The lowest BCUT2D eigenvalue weighted by molar-refractivity contribution is -0.121. The first-order chi connectivity index (χ1) is 12.2. The highest BCUT2D eigenvalue weighted by Gasteiger charge is 2.14. The van der Waals surface area contributed by atoms with Gasteiger partial charge in [0.2, 0.25) is 5.91 Å². The van der Waals surface area contributed by atoms with Gasteiger partial charge in [-0.2, -0.15) is 0 Å². The van der Waals surface area contributed by atoms with Crippen molar-refractivity contribution in [2.45, 2.75) is 25.8 Å². The Hall–Kier alpha value is -2.05. The summed E-state index contributed by atoms with van der Waals surface area (Å²) in [6, 6.07) is 11.9. The summed E-state index contributed by atoms with van der Waals surface area (Å²) in [6.07, 6.45) is 4.64. The lowest BCUT2D eigenvalue weighted by Gasteiger charge is -2.17. The second kappa shape index (κ2) is 8.36. The minimum atomic E-state index is -0.0159. The van der Waals surface area contributed by atoms with E-state index in [9.17, 15) is 4.79 Å². The summed E-state index contributed by atoms with van der Waals surface area (Å²) in [5, 5.41) is 5.92. The van der Waals surface area contributed by atoms with Gasteiger partial charge in [0.25, 0.3) is 0 Å². The molecule has 1 aromatic carbocycles. The molecule has 1 amide bonds. The third kappa shape index (κ3) is 4.74. The summed E-state index contributed by atoms with van der Waals surface area (Å²) >= 11 is 4.97. The number of carbonyl (C=O) groups excluding carboxylic acids is 1. The molecule has 1 atom stereocenters. The third-order valence-corrected chi connectivity index (χ3v) is 5.29. The van der Waals surface area contributed by atoms with Crippen LogP contribution in [0.1, 0.15) is 30.6 Å². The molecule has 1 N–H and O–H groups in total. The fourth-order valence-corrected chi connectivity index (χ4v) is 3.61. The number of hydrogen-bond acceptors (Lipinski definition) is 4. The summed E-state index contributed by atoms with van der Waals surface area (Å²) in [6.45, 7) is 2.07. The van der Waals surface area contributed by atoms with E-state index in [0.29, 0.717) is 0 Å². The molecule has 2 heterocycles. The summed E-state index contributed by atoms with van der Waals surface area (Å²) in [4.78, 5) is 21.1. The molecule has 0 bridgehead atoms. The summed E-state index contributed by atoms with van der Waals surface area (Å²) < 4.78 is 1.03. The summed E-state index contributed by atoms with van der Waals surface area (Å²) in [7, 11) is 0. The number of carbonyl (C=O) groups is 1. The molecule has 0 saturated heterocycles. The van der Waals surface area contributed by atoms with Gasteiger partial charge in [-0.15, -0.1) is 11.3 Å². The Kier molecular flexibility index (Phi) is 5.94.